The van der Waals surface area contributed by atoms with Gasteiger partial charge in [-0.2, -0.15) is 10.2 Å². The molecule has 0 spiro atoms. The van der Waals surface area contributed by atoms with Crippen molar-refractivity contribution in [2.45, 2.75) is 39.9 Å². The molecule has 0 amide bonds. The Hall–Kier alpha value is -3.82. The number of rotatable bonds is 6. The van der Waals surface area contributed by atoms with E-state index in [0.717, 1.165) is 5.56 Å². The van der Waals surface area contributed by atoms with E-state index < -0.39 is 11.2 Å². The average Bonchev–Trinajstić information content (AvgIpc) is 2.78. The summed E-state index contributed by atoms with van der Waals surface area (Å²) >= 11 is 6.19. The highest BCUT2D eigenvalue weighted by Gasteiger charge is 2.25. The van der Waals surface area contributed by atoms with E-state index >= 15 is 0 Å². The van der Waals surface area contributed by atoms with Crippen LogP contribution in [0.4, 0.5) is 0 Å². The molecule has 180 valence electrons. The number of halogens is 1. The molecule has 0 aliphatic rings. The summed E-state index contributed by atoms with van der Waals surface area (Å²) < 4.78 is 8.54. The van der Waals surface area contributed by atoms with Crippen molar-refractivity contribution in [3.8, 4) is 17.3 Å². The van der Waals surface area contributed by atoms with Crippen LogP contribution in [0.5, 0.6) is 5.75 Å². The SMILES string of the molecule is Cc1cnc(-n2ccc(Cl)c(C(C)(C)O)c2=O)cc1-n1c(C)cc(OCc2cccnn2)cc1=O. The van der Waals surface area contributed by atoms with E-state index in [4.69, 9.17) is 16.3 Å². The van der Waals surface area contributed by atoms with Crippen LogP contribution in [0, 0.1) is 13.8 Å². The molecule has 0 saturated heterocycles. The summed E-state index contributed by atoms with van der Waals surface area (Å²) in [7, 11) is 0. The number of hydrogen-bond donors (Lipinski definition) is 1. The first-order chi connectivity index (χ1) is 16.6. The fourth-order valence-electron chi connectivity index (χ4n) is 3.75. The maximum Gasteiger partial charge on any atom is 0.263 e. The summed E-state index contributed by atoms with van der Waals surface area (Å²) in [5.74, 6) is 0.692. The van der Waals surface area contributed by atoms with Gasteiger partial charge in [0, 0.05) is 42.5 Å². The molecule has 10 heteroatoms. The summed E-state index contributed by atoms with van der Waals surface area (Å²) in [6.07, 6.45) is 4.64. The van der Waals surface area contributed by atoms with Crippen molar-refractivity contribution in [2.75, 3.05) is 0 Å². The van der Waals surface area contributed by atoms with Crippen molar-refractivity contribution in [3.05, 3.63) is 103 Å². The Labute approximate surface area is 206 Å². The van der Waals surface area contributed by atoms with E-state index in [1.807, 2.05) is 6.92 Å². The summed E-state index contributed by atoms with van der Waals surface area (Å²) in [5.41, 5.74) is 0.379. The van der Waals surface area contributed by atoms with Gasteiger partial charge in [-0.25, -0.2) is 4.98 Å². The van der Waals surface area contributed by atoms with Crippen LogP contribution in [0.25, 0.3) is 11.5 Å². The molecule has 0 saturated carbocycles. The number of nitrogens with zero attached hydrogens (tertiary/aromatic N) is 5. The van der Waals surface area contributed by atoms with Gasteiger partial charge in [-0.1, -0.05) is 11.6 Å². The van der Waals surface area contributed by atoms with Crippen molar-refractivity contribution >= 4 is 11.6 Å². The molecule has 4 rings (SSSR count). The highest BCUT2D eigenvalue weighted by atomic mass is 35.5. The van der Waals surface area contributed by atoms with Crippen molar-refractivity contribution in [3.63, 3.8) is 0 Å². The first-order valence-corrected chi connectivity index (χ1v) is 11.2. The number of ether oxygens (including phenoxy) is 1. The van der Waals surface area contributed by atoms with Crippen LogP contribution >= 0.6 is 11.6 Å². The number of pyridine rings is 3. The molecule has 0 fully saturated rings. The molecular weight excluding hydrogens is 470 g/mol. The Kier molecular flexibility index (Phi) is 6.56. The van der Waals surface area contributed by atoms with Gasteiger partial charge in [-0.15, -0.1) is 0 Å². The molecule has 0 unspecified atom stereocenters. The van der Waals surface area contributed by atoms with Crippen molar-refractivity contribution < 1.29 is 9.84 Å². The summed E-state index contributed by atoms with van der Waals surface area (Å²) in [6.45, 7) is 6.77. The van der Waals surface area contributed by atoms with Crippen molar-refractivity contribution in [1.82, 2.24) is 24.3 Å². The van der Waals surface area contributed by atoms with Crippen LogP contribution in [-0.2, 0) is 12.2 Å². The van der Waals surface area contributed by atoms with Gasteiger partial charge >= 0.3 is 0 Å². The van der Waals surface area contributed by atoms with E-state index in [1.165, 1.54) is 41.3 Å². The van der Waals surface area contributed by atoms with Crippen LogP contribution in [-0.4, -0.2) is 29.4 Å². The Bertz CT molecular complexity index is 1510. The topological polar surface area (TPSA) is 112 Å². The quantitative estimate of drug-likeness (QED) is 0.438. The average molecular weight is 494 g/mol. The third-order valence-electron chi connectivity index (χ3n) is 5.41. The smallest absolute Gasteiger partial charge is 0.263 e. The summed E-state index contributed by atoms with van der Waals surface area (Å²) in [6, 6.07) is 9.85. The Morgan fingerprint density at radius 2 is 1.91 bits per heavy atom. The van der Waals surface area contributed by atoms with E-state index in [-0.39, 0.29) is 28.6 Å². The van der Waals surface area contributed by atoms with Gasteiger partial charge in [-0.05, 0) is 51.5 Å². The van der Waals surface area contributed by atoms with Crippen LogP contribution in [0.3, 0.4) is 0 Å². The lowest BCUT2D eigenvalue weighted by atomic mass is 10.00. The van der Waals surface area contributed by atoms with E-state index in [9.17, 15) is 14.7 Å². The summed E-state index contributed by atoms with van der Waals surface area (Å²) in [5, 5.41) is 18.4. The molecule has 1 N–H and O–H groups in total. The predicted octanol–water partition coefficient (Wildman–Crippen LogP) is 3.25. The Morgan fingerprint density at radius 3 is 2.57 bits per heavy atom. The zero-order chi connectivity index (χ0) is 25.3. The van der Waals surface area contributed by atoms with Crippen LogP contribution in [0.15, 0.2) is 64.6 Å². The standard InChI is InChI=1S/C25H24ClN5O4/c1-15-13-27-21(30-9-7-19(26)23(24(30)33)25(3,4)34)12-20(15)31-16(2)10-18(11-22(31)32)35-14-17-6-5-8-28-29-17/h5-13,34H,14H2,1-4H3. The zero-order valence-corrected chi connectivity index (χ0v) is 20.4. The van der Waals surface area contributed by atoms with E-state index in [0.29, 0.717) is 22.8 Å². The molecule has 9 nitrogen and oxygen atoms in total. The fraction of sp³-hybridized carbons (Fsp3) is 0.240. The minimum atomic E-state index is -1.45. The van der Waals surface area contributed by atoms with Crippen LogP contribution < -0.4 is 15.9 Å². The highest BCUT2D eigenvalue weighted by molar-refractivity contribution is 6.31. The minimum absolute atomic E-state index is 0.0588. The molecule has 0 aromatic carbocycles. The molecule has 0 atom stereocenters. The van der Waals surface area contributed by atoms with Crippen LogP contribution in [0.1, 0.15) is 36.4 Å². The first kappa shape index (κ1) is 24.3. The first-order valence-electron chi connectivity index (χ1n) is 10.8. The van der Waals surface area contributed by atoms with Crippen molar-refractivity contribution in [1.29, 1.82) is 0 Å². The molecular formula is C25H24ClN5O4. The Balaban J connectivity index is 1.75. The van der Waals surface area contributed by atoms with Gasteiger partial charge in [0.1, 0.15) is 23.9 Å². The van der Waals surface area contributed by atoms with E-state index in [1.54, 1.807) is 43.6 Å². The van der Waals surface area contributed by atoms with Gasteiger partial charge in [0.25, 0.3) is 11.1 Å². The van der Waals surface area contributed by atoms with Gasteiger partial charge in [-0.3, -0.25) is 18.7 Å². The second-order valence-electron chi connectivity index (χ2n) is 8.61. The maximum atomic E-state index is 13.1. The molecule has 35 heavy (non-hydrogen) atoms. The fourth-order valence-corrected chi connectivity index (χ4v) is 4.12. The van der Waals surface area contributed by atoms with Crippen LogP contribution in [0.2, 0.25) is 5.02 Å². The second-order valence-corrected chi connectivity index (χ2v) is 9.02. The molecule has 0 aliphatic carbocycles. The second kappa shape index (κ2) is 9.44. The normalized spacial score (nSPS) is 11.5. The molecule has 4 aromatic rings. The lowest BCUT2D eigenvalue weighted by Gasteiger charge is -2.20. The van der Waals surface area contributed by atoms with Gasteiger partial charge in [0.2, 0.25) is 0 Å². The number of aryl methyl sites for hydroxylation is 2. The van der Waals surface area contributed by atoms with Gasteiger partial charge in [0.05, 0.1) is 21.9 Å². The monoisotopic (exact) mass is 493 g/mol. The third kappa shape index (κ3) is 5.01. The number of aliphatic hydroxyl groups is 1. The molecule has 0 radical (unpaired) electrons. The third-order valence-corrected chi connectivity index (χ3v) is 5.72. The van der Waals surface area contributed by atoms with Gasteiger partial charge < -0.3 is 9.84 Å². The maximum absolute atomic E-state index is 13.1. The zero-order valence-electron chi connectivity index (χ0n) is 19.7. The molecule has 4 heterocycles. The van der Waals surface area contributed by atoms with Crippen molar-refractivity contribution in [2.24, 2.45) is 0 Å². The molecule has 4 aromatic heterocycles. The van der Waals surface area contributed by atoms with E-state index in [2.05, 4.69) is 15.2 Å². The predicted molar refractivity (Wildman–Crippen MR) is 132 cm³/mol. The summed E-state index contributed by atoms with van der Waals surface area (Å²) in [4.78, 5) is 30.6. The lowest BCUT2D eigenvalue weighted by molar-refractivity contribution is 0.0769. The minimum Gasteiger partial charge on any atom is -0.487 e. The molecule has 0 aliphatic heterocycles. The Morgan fingerprint density at radius 1 is 1.14 bits per heavy atom. The molecule has 0 bridgehead atoms. The number of aromatic nitrogens is 5. The largest absolute Gasteiger partial charge is 0.487 e. The van der Waals surface area contributed by atoms with Gasteiger partial charge in [0.15, 0.2) is 0 Å². The lowest BCUT2D eigenvalue weighted by Crippen LogP contribution is -2.32. The number of hydrogen-bond acceptors (Lipinski definition) is 7. The highest BCUT2D eigenvalue weighted by Crippen LogP contribution is 2.25.